The molecule has 0 fully saturated rings. The maximum Gasteiger partial charge on any atom is 0.120 e. The van der Waals surface area contributed by atoms with Crippen molar-refractivity contribution in [3.63, 3.8) is 0 Å². The number of hydrogen-bond donors (Lipinski definition) is 0. The first-order chi connectivity index (χ1) is 9.19. The van der Waals surface area contributed by atoms with Crippen molar-refractivity contribution in [2.75, 3.05) is 0 Å². The summed E-state index contributed by atoms with van der Waals surface area (Å²) in [6.07, 6.45) is 0. The monoisotopic (exact) mass is 251 g/mol. The molecule has 0 unspecified atom stereocenters. The Bertz CT molecular complexity index is 596. The van der Waals surface area contributed by atoms with Crippen LogP contribution in [0.15, 0.2) is 48.5 Å². The Balaban J connectivity index is 2.06. The lowest BCUT2D eigenvalue weighted by Crippen LogP contribution is -1.97. The highest BCUT2D eigenvalue weighted by Crippen LogP contribution is 2.21. The van der Waals surface area contributed by atoms with E-state index in [0.29, 0.717) is 18.1 Å². The average Bonchev–Trinajstić information content (AvgIpc) is 2.45. The van der Waals surface area contributed by atoms with Crippen LogP contribution in [0.3, 0.4) is 0 Å². The zero-order valence-corrected chi connectivity index (χ0v) is 11.3. The first kappa shape index (κ1) is 13.2. The molecule has 0 amide bonds. The first-order valence-electron chi connectivity index (χ1n) is 6.41. The molecule has 96 valence electrons. The molecule has 0 spiro atoms. The molecule has 0 aliphatic carbocycles. The largest absolute Gasteiger partial charge is 0.489 e. The van der Waals surface area contributed by atoms with Gasteiger partial charge in [-0.2, -0.15) is 5.26 Å². The standard InChI is InChI=1S/C17H17NO/c1-13(2)16-7-4-8-17(10-16)19-12-15-6-3-5-14(9-15)11-18/h3-10,13H,12H2,1-2H3. The molecule has 0 aliphatic heterocycles. The first-order valence-corrected chi connectivity index (χ1v) is 6.41. The molecule has 2 aromatic rings. The summed E-state index contributed by atoms with van der Waals surface area (Å²) in [5.41, 5.74) is 2.94. The van der Waals surface area contributed by atoms with Gasteiger partial charge < -0.3 is 4.74 Å². The van der Waals surface area contributed by atoms with Crippen molar-refractivity contribution in [2.24, 2.45) is 0 Å². The Labute approximate surface area is 114 Å². The Morgan fingerprint density at radius 3 is 2.63 bits per heavy atom. The summed E-state index contributed by atoms with van der Waals surface area (Å²) in [6, 6.07) is 17.8. The van der Waals surface area contributed by atoms with Crippen LogP contribution in [-0.2, 0) is 6.61 Å². The molecule has 0 bridgehead atoms. The summed E-state index contributed by atoms with van der Waals surface area (Å²) < 4.78 is 5.77. The van der Waals surface area contributed by atoms with Gasteiger partial charge in [-0.15, -0.1) is 0 Å². The van der Waals surface area contributed by atoms with E-state index in [-0.39, 0.29) is 0 Å². The molecular weight excluding hydrogens is 234 g/mol. The maximum absolute atomic E-state index is 8.85. The van der Waals surface area contributed by atoms with Crippen LogP contribution in [0.5, 0.6) is 5.75 Å². The van der Waals surface area contributed by atoms with E-state index in [9.17, 15) is 0 Å². The van der Waals surface area contributed by atoms with E-state index >= 15 is 0 Å². The minimum absolute atomic E-state index is 0.483. The molecule has 2 heteroatoms. The van der Waals surface area contributed by atoms with E-state index in [1.165, 1.54) is 5.56 Å². The van der Waals surface area contributed by atoms with E-state index in [1.807, 2.05) is 30.3 Å². The van der Waals surface area contributed by atoms with Crippen LogP contribution >= 0.6 is 0 Å². The van der Waals surface area contributed by atoms with Crippen molar-refractivity contribution >= 4 is 0 Å². The average molecular weight is 251 g/mol. The molecule has 0 aromatic heterocycles. The third-order valence-electron chi connectivity index (χ3n) is 2.99. The zero-order valence-electron chi connectivity index (χ0n) is 11.3. The number of rotatable bonds is 4. The molecule has 2 rings (SSSR count). The van der Waals surface area contributed by atoms with Gasteiger partial charge in [0.15, 0.2) is 0 Å². The molecule has 0 saturated carbocycles. The fourth-order valence-corrected chi connectivity index (χ4v) is 1.86. The van der Waals surface area contributed by atoms with Crippen LogP contribution in [0.2, 0.25) is 0 Å². The fraction of sp³-hybridized carbons (Fsp3) is 0.235. The van der Waals surface area contributed by atoms with E-state index in [1.54, 1.807) is 6.07 Å². The molecule has 2 nitrogen and oxygen atoms in total. The smallest absolute Gasteiger partial charge is 0.120 e. The molecule has 0 radical (unpaired) electrons. The van der Waals surface area contributed by atoms with Crippen molar-refractivity contribution in [2.45, 2.75) is 26.4 Å². The Hall–Kier alpha value is -2.27. The van der Waals surface area contributed by atoms with E-state index in [2.05, 4.69) is 32.0 Å². The highest BCUT2D eigenvalue weighted by Gasteiger charge is 2.02. The van der Waals surface area contributed by atoms with Gasteiger partial charge in [-0.05, 0) is 41.3 Å². The van der Waals surface area contributed by atoms with E-state index in [4.69, 9.17) is 10.00 Å². The number of ether oxygens (including phenoxy) is 1. The molecule has 0 heterocycles. The minimum Gasteiger partial charge on any atom is -0.489 e. The van der Waals surface area contributed by atoms with Gasteiger partial charge >= 0.3 is 0 Å². The number of nitrogens with zero attached hydrogens (tertiary/aromatic N) is 1. The predicted molar refractivity (Wildman–Crippen MR) is 76.0 cm³/mol. The van der Waals surface area contributed by atoms with Crippen molar-refractivity contribution in [3.05, 3.63) is 65.2 Å². The lowest BCUT2D eigenvalue weighted by atomic mass is 10.0. The number of benzene rings is 2. The van der Waals surface area contributed by atoms with Crippen molar-refractivity contribution < 1.29 is 4.74 Å². The highest BCUT2D eigenvalue weighted by molar-refractivity contribution is 5.33. The van der Waals surface area contributed by atoms with Crippen LogP contribution in [-0.4, -0.2) is 0 Å². The normalized spacial score (nSPS) is 10.2. The Morgan fingerprint density at radius 2 is 1.89 bits per heavy atom. The van der Waals surface area contributed by atoms with Gasteiger partial charge in [0.1, 0.15) is 12.4 Å². The highest BCUT2D eigenvalue weighted by atomic mass is 16.5. The van der Waals surface area contributed by atoms with Gasteiger partial charge in [-0.25, -0.2) is 0 Å². The molecule has 0 saturated heterocycles. The molecular formula is C17H17NO. The van der Waals surface area contributed by atoms with Crippen LogP contribution < -0.4 is 4.74 Å². The van der Waals surface area contributed by atoms with Gasteiger partial charge in [0, 0.05) is 0 Å². The number of hydrogen-bond acceptors (Lipinski definition) is 2. The SMILES string of the molecule is CC(C)c1cccc(OCc2cccc(C#N)c2)c1. The van der Waals surface area contributed by atoms with Gasteiger partial charge in [-0.1, -0.05) is 38.1 Å². The lowest BCUT2D eigenvalue weighted by Gasteiger charge is -2.10. The second kappa shape index (κ2) is 6.06. The maximum atomic E-state index is 8.85. The quantitative estimate of drug-likeness (QED) is 0.813. The summed E-state index contributed by atoms with van der Waals surface area (Å²) in [7, 11) is 0. The third kappa shape index (κ3) is 3.59. The van der Waals surface area contributed by atoms with E-state index in [0.717, 1.165) is 11.3 Å². The second-order valence-electron chi connectivity index (χ2n) is 4.83. The summed E-state index contributed by atoms with van der Waals surface area (Å²) in [4.78, 5) is 0. The zero-order chi connectivity index (χ0) is 13.7. The van der Waals surface area contributed by atoms with Gasteiger partial charge in [0.25, 0.3) is 0 Å². The topological polar surface area (TPSA) is 33.0 Å². The summed E-state index contributed by atoms with van der Waals surface area (Å²) in [5.74, 6) is 1.36. The minimum atomic E-state index is 0.483. The van der Waals surface area contributed by atoms with Crippen molar-refractivity contribution in [1.82, 2.24) is 0 Å². The second-order valence-corrected chi connectivity index (χ2v) is 4.83. The molecule has 2 aromatic carbocycles. The van der Waals surface area contributed by atoms with Crippen LogP contribution in [0.25, 0.3) is 0 Å². The molecule has 0 aliphatic rings. The van der Waals surface area contributed by atoms with E-state index < -0.39 is 0 Å². The summed E-state index contributed by atoms with van der Waals surface area (Å²) in [6.45, 7) is 4.81. The predicted octanol–water partition coefficient (Wildman–Crippen LogP) is 4.26. The van der Waals surface area contributed by atoms with Crippen LogP contribution in [0.1, 0.15) is 36.5 Å². The molecule has 0 N–H and O–H groups in total. The Morgan fingerprint density at radius 1 is 1.11 bits per heavy atom. The van der Waals surface area contributed by atoms with Crippen LogP contribution in [0.4, 0.5) is 0 Å². The number of nitriles is 1. The lowest BCUT2D eigenvalue weighted by molar-refractivity contribution is 0.306. The Kier molecular flexibility index (Phi) is 4.20. The molecule has 0 atom stereocenters. The van der Waals surface area contributed by atoms with Gasteiger partial charge in [-0.3, -0.25) is 0 Å². The van der Waals surface area contributed by atoms with Gasteiger partial charge in [0.05, 0.1) is 11.6 Å². The van der Waals surface area contributed by atoms with Crippen LogP contribution in [0, 0.1) is 11.3 Å². The van der Waals surface area contributed by atoms with Crippen molar-refractivity contribution in [3.8, 4) is 11.8 Å². The summed E-state index contributed by atoms with van der Waals surface area (Å²) in [5, 5.41) is 8.85. The van der Waals surface area contributed by atoms with Gasteiger partial charge in [0.2, 0.25) is 0 Å². The third-order valence-corrected chi connectivity index (χ3v) is 2.99. The summed E-state index contributed by atoms with van der Waals surface area (Å²) >= 11 is 0. The van der Waals surface area contributed by atoms with Crippen molar-refractivity contribution in [1.29, 1.82) is 5.26 Å². The molecule has 19 heavy (non-hydrogen) atoms. The fourth-order valence-electron chi connectivity index (χ4n) is 1.86.